The standard InChI is InChI=1S/C12H21N3O5/c1-3-20-11(18)9(2)13-12(19)15-6-4-14(5-7-15)8-10(16)17/h9H,3-8H2,1-2H3,(H,13,19)(H,16,17). The molecule has 1 aliphatic rings. The third kappa shape index (κ3) is 5.04. The number of nitrogens with one attached hydrogen (secondary N) is 1. The number of amides is 2. The van der Waals surface area contributed by atoms with Gasteiger partial charge < -0.3 is 20.1 Å². The van der Waals surface area contributed by atoms with E-state index in [-0.39, 0.29) is 19.2 Å². The minimum Gasteiger partial charge on any atom is -0.480 e. The molecule has 1 unspecified atom stereocenters. The van der Waals surface area contributed by atoms with Crippen molar-refractivity contribution in [2.24, 2.45) is 0 Å². The molecule has 1 saturated heterocycles. The maximum Gasteiger partial charge on any atom is 0.328 e. The quantitative estimate of drug-likeness (QED) is 0.652. The molecule has 114 valence electrons. The van der Waals surface area contributed by atoms with Gasteiger partial charge in [0.1, 0.15) is 6.04 Å². The fourth-order valence-electron chi connectivity index (χ4n) is 1.90. The van der Waals surface area contributed by atoms with Crippen LogP contribution in [0.5, 0.6) is 0 Å². The second-order valence-electron chi connectivity index (χ2n) is 4.58. The third-order valence-corrected chi connectivity index (χ3v) is 3.00. The molecule has 0 spiro atoms. The van der Waals surface area contributed by atoms with E-state index >= 15 is 0 Å². The molecule has 2 N–H and O–H groups in total. The molecular weight excluding hydrogens is 266 g/mol. The van der Waals surface area contributed by atoms with Gasteiger partial charge in [-0.15, -0.1) is 0 Å². The molecule has 1 heterocycles. The molecule has 0 radical (unpaired) electrons. The van der Waals surface area contributed by atoms with Crippen molar-refractivity contribution in [1.29, 1.82) is 0 Å². The number of aliphatic carboxylic acids is 1. The van der Waals surface area contributed by atoms with E-state index in [9.17, 15) is 14.4 Å². The van der Waals surface area contributed by atoms with Crippen molar-refractivity contribution >= 4 is 18.0 Å². The van der Waals surface area contributed by atoms with Crippen LogP contribution >= 0.6 is 0 Å². The highest BCUT2D eigenvalue weighted by Gasteiger charge is 2.24. The topological polar surface area (TPSA) is 99.2 Å². The molecule has 0 saturated carbocycles. The molecule has 1 rings (SSSR count). The van der Waals surface area contributed by atoms with Crippen molar-refractivity contribution in [2.75, 3.05) is 39.3 Å². The van der Waals surface area contributed by atoms with Crippen molar-refractivity contribution in [1.82, 2.24) is 15.1 Å². The molecule has 0 bridgehead atoms. The number of ether oxygens (including phenoxy) is 1. The van der Waals surface area contributed by atoms with E-state index in [1.54, 1.807) is 23.6 Å². The van der Waals surface area contributed by atoms with Crippen LogP contribution in [0.15, 0.2) is 0 Å². The summed E-state index contributed by atoms with van der Waals surface area (Å²) in [4.78, 5) is 37.2. The second kappa shape index (κ2) is 7.68. The lowest BCUT2D eigenvalue weighted by Crippen LogP contribution is -2.54. The summed E-state index contributed by atoms with van der Waals surface area (Å²) in [6.07, 6.45) is 0. The van der Waals surface area contributed by atoms with Crippen LogP contribution in [-0.4, -0.2) is 78.2 Å². The highest BCUT2D eigenvalue weighted by molar-refractivity contribution is 5.83. The van der Waals surface area contributed by atoms with E-state index < -0.39 is 18.0 Å². The molecule has 0 aromatic carbocycles. The van der Waals surface area contributed by atoms with Crippen LogP contribution in [-0.2, 0) is 14.3 Å². The summed E-state index contributed by atoms with van der Waals surface area (Å²) in [5.74, 6) is -1.34. The van der Waals surface area contributed by atoms with Crippen LogP contribution in [0.25, 0.3) is 0 Å². The number of carboxylic acids is 1. The number of rotatable bonds is 5. The van der Waals surface area contributed by atoms with Gasteiger partial charge in [-0.3, -0.25) is 9.69 Å². The summed E-state index contributed by atoms with van der Waals surface area (Å²) in [5, 5.41) is 11.3. The number of esters is 1. The summed E-state index contributed by atoms with van der Waals surface area (Å²) < 4.78 is 4.81. The molecule has 0 aromatic heterocycles. The Morgan fingerprint density at radius 3 is 2.35 bits per heavy atom. The summed E-state index contributed by atoms with van der Waals surface area (Å²) in [5.41, 5.74) is 0. The second-order valence-corrected chi connectivity index (χ2v) is 4.58. The van der Waals surface area contributed by atoms with Gasteiger partial charge in [-0.05, 0) is 13.8 Å². The fraction of sp³-hybridized carbons (Fsp3) is 0.750. The predicted molar refractivity (Wildman–Crippen MR) is 70.3 cm³/mol. The summed E-state index contributed by atoms with van der Waals surface area (Å²) in [7, 11) is 0. The minimum absolute atomic E-state index is 0.0192. The molecule has 1 fully saturated rings. The maximum atomic E-state index is 11.9. The van der Waals surface area contributed by atoms with Gasteiger partial charge in [0, 0.05) is 26.2 Å². The Bertz CT molecular complexity index is 366. The van der Waals surface area contributed by atoms with Crippen LogP contribution in [0.2, 0.25) is 0 Å². The van der Waals surface area contributed by atoms with Gasteiger partial charge in [-0.1, -0.05) is 0 Å². The van der Waals surface area contributed by atoms with E-state index in [0.29, 0.717) is 26.2 Å². The largest absolute Gasteiger partial charge is 0.480 e. The fourth-order valence-corrected chi connectivity index (χ4v) is 1.90. The number of carbonyl (C=O) groups is 3. The highest BCUT2D eigenvalue weighted by Crippen LogP contribution is 2.02. The van der Waals surface area contributed by atoms with E-state index in [0.717, 1.165) is 0 Å². The van der Waals surface area contributed by atoms with E-state index in [1.807, 2.05) is 0 Å². The number of hydrogen-bond donors (Lipinski definition) is 2. The first kappa shape index (κ1) is 16.2. The van der Waals surface area contributed by atoms with Crippen LogP contribution in [0.3, 0.4) is 0 Å². The van der Waals surface area contributed by atoms with Crippen molar-refractivity contribution in [3.05, 3.63) is 0 Å². The number of carbonyl (C=O) groups excluding carboxylic acids is 2. The zero-order chi connectivity index (χ0) is 15.1. The number of nitrogens with zero attached hydrogens (tertiary/aromatic N) is 2. The summed E-state index contributed by atoms with van der Waals surface area (Å²) >= 11 is 0. The van der Waals surface area contributed by atoms with Crippen molar-refractivity contribution in [2.45, 2.75) is 19.9 Å². The Kier molecular flexibility index (Phi) is 6.23. The first-order chi connectivity index (χ1) is 9.43. The van der Waals surface area contributed by atoms with E-state index in [4.69, 9.17) is 9.84 Å². The molecule has 0 aromatic rings. The van der Waals surface area contributed by atoms with Crippen molar-refractivity contribution < 1.29 is 24.2 Å². The zero-order valence-corrected chi connectivity index (χ0v) is 11.8. The third-order valence-electron chi connectivity index (χ3n) is 3.00. The van der Waals surface area contributed by atoms with Crippen LogP contribution < -0.4 is 5.32 Å². The first-order valence-corrected chi connectivity index (χ1v) is 6.60. The minimum atomic E-state index is -0.876. The van der Waals surface area contributed by atoms with Crippen LogP contribution in [0, 0.1) is 0 Å². The van der Waals surface area contributed by atoms with Gasteiger partial charge in [-0.25, -0.2) is 9.59 Å². The van der Waals surface area contributed by atoms with Crippen molar-refractivity contribution in [3.8, 4) is 0 Å². The normalized spacial score (nSPS) is 17.4. The molecule has 8 nitrogen and oxygen atoms in total. The highest BCUT2D eigenvalue weighted by atomic mass is 16.5. The lowest BCUT2D eigenvalue weighted by atomic mass is 10.3. The Balaban J connectivity index is 2.35. The Morgan fingerprint density at radius 2 is 1.85 bits per heavy atom. The number of carboxylic acid groups (broad SMARTS) is 1. The summed E-state index contributed by atoms with van der Waals surface area (Å²) in [6.45, 7) is 5.41. The van der Waals surface area contributed by atoms with Gasteiger partial charge in [0.2, 0.25) is 0 Å². The van der Waals surface area contributed by atoms with Gasteiger partial charge in [0.05, 0.1) is 13.2 Å². The number of urea groups is 1. The smallest absolute Gasteiger partial charge is 0.328 e. The first-order valence-electron chi connectivity index (χ1n) is 6.60. The van der Waals surface area contributed by atoms with Gasteiger partial charge in [-0.2, -0.15) is 0 Å². The van der Waals surface area contributed by atoms with E-state index in [2.05, 4.69) is 5.32 Å². The molecule has 1 aliphatic heterocycles. The van der Waals surface area contributed by atoms with E-state index in [1.165, 1.54) is 0 Å². The maximum absolute atomic E-state index is 11.9. The molecular formula is C12H21N3O5. The Morgan fingerprint density at radius 1 is 1.25 bits per heavy atom. The van der Waals surface area contributed by atoms with Gasteiger partial charge in [0.25, 0.3) is 0 Å². The molecule has 0 aliphatic carbocycles. The molecule has 2 amide bonds. The lowest BCUT2D eigenvalue weighted by Gasteiger charge is -2.34. The average molecular weight is 287 g/mol. The number of hydrogen-bond acceptors (Lipinski definition) is 5. The SMILES string of the molecule is CCOC(=O)C(C)NC(=O)N1CCN(CC(=O)O)CC1. The van der Waals surface area contributed by atoms with Crippen LogP contribution in [0.4, 0.5) is 4.79 Å². The molecule has 1 atom stereocenters. The van der Waals surface area contributed by atoms with Gasteiger partial charge in [0.15, 0.2) is 0 Å². The molecule has 20 heavy (non-hydrogen) atoms. The number of piperazine rings is 1. The monoisotopic (exact) mass is 287 g/mol. The average Bonchev–Trinajstić information content (AvgIpc) is 2.39. The summed E-state index contributed by atoms with van der Waals surface area (Å²) in [6, 6.07) is -1.03. The van der Waals surface area contributed by atoms with Gasteiger partial charge >= 0.3 is 18.0 Å². The van der Waals surface area contributed by atoms with Crippen molar-refractivity contribution in [3.63, 3.8) is 0 Å². The Hall–Kier alpha value is -1.83. The Labute approximate surface area is 117 Å². The lowest BCUT2D eigenvalue weighted by molar-refractivity contribution is -0.145. The zero-order valence-electron chi connectivity index (χ0n) is 11.8. The molecule has 8 heteroatoms. The van der Waals surface area contributed by atoms with Crippen LogP contribution in [0.1, 0.15) is 13.8 Å². The predicted octanol–water partition coefficient (Wildman–Crippen LogP) is -0.650.